The summed E-state index contributed by atoms with van der Waals surface area (Å²) < 4.78 is 1.85. The first kappa shape index (κ1) is 23.0. The number of imide groups is 1. The van der Waals surface area contributed by atoms with Gasteiger partial charge in [0, 0.05) is 17.8 Å². The van der Waals surface area contributed by atoms with Crippen molar-refractivity contribution in [1.29, 1.82) is 0 Å². The number of nitrogens with zero attached hydrogens (tertiary/aromatic N) is 3. The van der Waals surface area contributed by atoms with Crippen LogP contribution in [0, 0.1) is 25.2 Å². The number of aryl methyl sites for hydroxylation is 1. The lowest BCUT2D eigenvalue weighted by molar-refractivity contribution is -0.137. The number of amides is 4. The maximum absolute atomic E-state index is 13.3. The molecule has 1 saturated carbocycles. The zero-order valence-corrected chi connectivity index (χ0v) is 20.1. The number of carbonyl (C=O) groups is 3. The minimum absolute atomic E-state index is 0.0488. The molecule has 0 bridgehead atoms. The lowest BCUT2D eigenvalue weighted by atomic mass is 9.64. The summed E-state index contributed by atoms with van der Waals surface area (Å²) in [5.41, 5.74) is 2.68. The predicted molar refractivity (Wildman–Crippen MR) is 125 cm³/mol. The molecular weight excluding hydrogens is 418 g/mol. The highest BCUT2D eigenvalue weighted by molar-refractivity contribution is 6.09. The lowest BCUT2D eigenvalue weighted by Crippen LogP contribution is -2.54. The van der Waals surface area contributed by atoms with Gasteiger partial charge in [0.25, 0.3) is 5.91 Å². The molecule has 33 heavy (non-hydrogen) atoms. The molecule has 0 unspecified atom stereocenters. The second-order valence-corrected chi connectivity index (χ2v) is 10.4. The maximum Gasteiger partial charge on any atom is 0.325 e. The number of carbonyl (C=O) groups excluding carboxylic acids is 3. The summed E-state index contributed by atoms with van der Waals surface area (Å²) in [6.45, 7) is 10.2. The summed E-state index contributed by atoms with van der Waals surface area (Å²) in [7, 11) is 0. The van der Waals surface area contributed by atoms with E-state index in [1.807, 2.05) is 48.9 Å². The van der Waals surface area contributed by atoms with Crippen molar-refractivity contribution < 1.29 is 14.4 Å². The molecule has 1 spiro atoms. The molecule has 1 aliphatic heterocycles. The molecule has 2 heterocycles. The van der Waals surface area contributed by atoms with E-state index in [2.05, 4.69) is 36.5 Å². The quantitative estimate of drug-likeness (QED) is 0.682. The Morgan fingerprint density at radius 2 is 1.88 bits per heavy atom. The van der Waals surface area contributed by atoms with Gasteiger partial charge in [-0.25, -0.2) is 9.48 Å². The Balaban J connectivity index is 1.42. The highest BCUT2D eigenvalue weighted by Crippen LogP contribution is 2.46. The van der Waals surface area contributed by atoms with Crippen LogP contribution in [-0.4, -0.2) is 44.6 Å². The van der Waals surface area contributed by atoms with Crippen molar-refractivity contribution in [3.63, 3.8) is 0 Å². The lowest BCUT2D eigenvalue weighted by Gasteiger charge is -2.43. The minimum atomic E-state index is -0.900. The zero-order chi connectivity index (χ0) is 24.0. The van der Waals surface area contributed by atoms with Crippen LogP contribution >= 0.6 is 0 Å². The number of hydrogen-bond acceptors (Lipinski definition) is 4. The monoisotopic (exact) mass is 451 g/mol. The second-order valence-electron chi connectivity index (χ2n) is 10.4. The van der Waals surface area contributed by atoms with E-state index >= 15 is 0 Å². The molecule has 2 fully saturated rings. The van der Waals surface area contributed by atoms with Gasteiger partial charge in [-0.2, -0.15) is 5.10 Å². The van der Waals surface area contributed by atoms with Crippen molar-refractivity contribution in [1.82, 2.24) is 25.3 Å². The number of benzene rings is 1. The first-order valence-corrected chi connectivity index (χ1v) is 11.5. The van der Waals surface area contributed by atoms with Crippen molar-refractivity contribution in [2.24, 2.45) is 11.3 Å². The fraction of sp³-hybridized carbons (Fsp3) is 0.520. The van der Waals surface area contributed by atoms with Crippen molar-refractivity contribution in [3.8, 4) is 5.69 Å². The predicted octanol–water partition coefficient (Wildman–Crippen LogP) is 3.24. The minimum Gasteiger partial charge on any atom is -0.350 e. The van der Waals surface area contributed by atoms with Crippen LogP contribution in [0.3, 0.4) is 0 Å². The number of nitrogens with one attached hydrogen (secondary N) is 2. The number of para-hydroxylation sites is 1. The first-order valence-electron chi connectivity index (χ1n) is 11.5. The Kier molecular flexibility index (Phi) is 5.80. The van der Waals surface area contributed by atoms with Gasteiger partial charge in [-0.15, -0.1) is 0 Å². The van der Waals surface area contributed by atoms with Crippen LogP contribution in [0.5, 0.6) is 0 Å². The molecule has 2 aromatic rings. The standard InChI is InChI=1S/C25H33N5O3/c1-16-11-24(4,5)15-25(12-16)22(32)29(23(33)27-25)14-21(31)26-13-20-17(2)28-30(18(20)3)19-9-7-6-8-10-19/h6-10,16H,11-15H2,1-5H3,(H,26,31)(H,27,33)/t16-,25-/m0/s1. The third kappa shape index (κ3) is 4.38. The SMILES string of the molecule is Cc1nn(-c2ccccc2)c(C)c1CNC(=O)CN1C(=O)N[C@]2(C[C@@H](C)CC(C)(C)C2)C1=O. The molecule has 176 valence electrons. The summed E-state index contributed by atoms with van der Waals surface area (Å²) in [5.74, 6) is -0.338. The number of urea groups is 1. The van der Waals surface area contributed by atoms with Crippen LogP contribution in [0.25, 0.3) is 5.69 Å². The molecule has 2 aliphatic rings. The van der Waals surface area contributed by atoms with Crippen LogP contribution in [0.15, 0.2) is 30.3 Å². The molecule has 1 aromatic carbocycles. The van der Waals surface area contributed by atoms with E-state index in [9.17, 15) is 14.4 Å². The second kappa shape index (κ2) is 8.32. The Bertz CT molecular complexity index is 1090. The Morgan fingerprint density at radius 3 is 2.55 bits per heavy atom. The van der Waals surface area contributed by atoms with E-state index in [0.29, 0.717) is 18.8 Å². The molecule has 1 saturated heterocycles. The van der Waals surface area contributed by atoms with Gasteiger partial charge in [0.15, 0.2) is 0 Å². The van der Waals surface area contributed by atoms with Crippen molar-refractivity contribution in [2.45, 2.75) is 66.0 Å². The van der Waals surface area contributed by atoms with E-state index < -0.39 is 11.6 Å². The summed E-state index contributed by atoms with van der Waals surface area (Å²) in [6.07, 6.45) is 2.20. The summed E-state index contributed by atoms with van der Waals surface area (Å²) in [4.78, 5) is 39.7. The Labute approximate surface area is 194 Å². The Morgan fingerprint density at radius 1 is 1.18 bits per heavy atom. The third-order valence-electron chi connectivity index (χ3n) is 6.83. The maximum atomic E-state index is 13.3. The zero-order valence-electron chi connectivity index (χ0n) is 20.1. The number of rotatable bonds is 5. The van der Waals surface area contributed by atoms with Gasteiger partial charge in [0.05, 0.1) is 11.4 Å². The van der Waals surface area contributed by atoms with Crippen LogP contribution in [0.1, 0.15) is 57.0 Å². The molecule has 4 amide bonds. The first-order chi connectivity index (χ1) is 15.5. The molecule has 8 heteroatoms. The van der Waals surface area contributed by atoms with E-state index in [4.69, 9.17) is 0 Å². The molecule has 2 atom stereocenters. The van der Waals surface area contributed by atoms with Gasteiger partial charge < -0.3 is 10.6 Å². The van der Waals surface area contributed by atoms with Gasteiger partial charge in [-0.05, 0) is 56.6 Å². The fourth-order valence-corrected chi connectivity index (χ4v) is 5.79. The van der Waals surface area contributed by atoms with Gasteiger partial charge in [0.1, 0.15) is 12.1 Å². The molecular formula is C25H33N5O3. The average Bonchev–Trinajstić information content (AvgIpc) is 3.12. The van der Waals surface area contributed by atoms with Crippen molar-refractivity contribution >= 4 is 17.8 Å². The highest BCUT2D eigenvalue weighted by Gasteiger charge is 2.56. The molecule has 1 aliphatic carbocycles. The molecule has 2 N–H and O–H groups in total. The van der Waals surface area contributed by atoms with Gasteiger partial charge in [-0.1, -0.05) is 39.0 Å². The fourth-order valence-electron chi connectivity index (χ4n) is 5.79. The normalized spacial score (nSPS) is 24.3. The molecule has 1 aromatic heterocycles. The Hall–Kier alpha value is -3.16. The van der Waals surface area contributed by atoms with Gasteiger partial charge in [0.2, 0.25) is 5.91 Å². The number of aromatic nitrogens is 2. The van der Waals surface area contributed by atoms with Gasteiger partial charge >= 0.3 is 6.03 Å². The van der Waals surface area contributed by atoms with E-state index in [1.165, 1.54) is 0 Å². The van der Waals surface area contributed by atoms with Crippen LogP contribution in [-0.2, 0) is 16.1 Å². The summed E-state index contributed by atoms with van der Waals surface area (Å²) in [6, 6.07) is 9.32. The van der Waals surface area contributed by atoms with E-state index in [-0.39, 0.29) is 30.3 Å². The molecule has 4 rings (SSSR count). The average molecular weight is 452 g/mol. The van der Waals surface area contributed by atoms with E-state index in [0.717, 1.165) is 34.0 Å². The third-order valence-corrected chi connectivity index (χ3v) is 6.83. The van der Waals surface area contributed by atoms with Crippen LogP contribution < -0.4 is 10.6 Å². The van der Waals surface area contributed by atoms with Crippen molar-refractivity contribution in [2.75, 3.05) is 6.54 Å². The topological polar surface area (TPSA) is 96.3 Å². The smallest absolute Gasteiger partial charge is 0.325 e. The van der Waals surface area contributed by atoms with E-state index in [1.54, 1.807) is 0 Å². The number of hydrogen-bond donors (Lipinski definition) is 2. The molecule has 8 nitrogen and oxygen atoms in total. The highest BCUT2D eigenvalue weighted by atomic mass is 16.2. The van der Waals surface area contributed by atoms with Crippen LogP contribution in [0.2, 0.25) is 0 Å². The van der Waals surface area contributed by atoms with Crippen LogP contribution in [0.4, 0.5) is 4.79 Å². The van der Waals surface area contributed by atoms with Gasteiger partial charge in [-0.3, -0.25) is 14.5 Å². The molecule has 0 radical (unpaired) electrons. The summed E-state index contributed by atoms with van der Waals surface area (Å²) >= 11 is 0. The summed E-state index contributed by atoms with van der Waals surface area (Å²) in [5, 5.41) is 10.4. The largest absolute Gasteiger partial charge is 0.350 e. The van der Waals surface area contributed by atoms with Crippen molar-refractivity contribution in [3.05, 3.63) is 47.3 Å².